The Bertz CT molecular complexity index is 1230. The highest BCUT2D eigenvalue weighted by Gasteiger charge is 2.34. The Morgan fingerprint density at radius 3 is 2.57 bits per heavy atom. The van der Waals surface area contributed by atoms with Gasteiger partial charge in [0, 0.05) is 24.1 Å². The highest BCUT2D eigenvalue weighted by Crippen LogP contribution is 2.36. The van der Waals surface area contributed by atoms with E-state index >= 15 is 0 Å². The Morgan fingerprint density at radius 1 is 1.07 bits per heavy atom. The van der Waals surface area contributed by atoms with Gasteiger partial charge in [0.15, 0.2) is 5.82 Å². The van der Waals surface area contributed by atoms with Crippen molar-refractivity contribution >= 4 is 34.2 Å². The summed E-state index contributed by atoms with van der Waals surface area (Å²) >= 11 is 5.70. The van der Waals surface area contributed by atoms with Crippen LogP contribution in [0.4, 0.5) is 18.9 Å². The van der Waals surface area contributed by atoms with Gasteiger partial charge in [0.1, 0.15) is 11.5 Å². The summed E-state index contributed by atoms with van der Waals surface area (Å²) in [6.07, 6.45) is -1.45. The van der Waals surface area contributed by atoms with Crippen molar-refractivity contribution in [3.05, 3.63) is 77.3 Å². The van der Waals surface area contributed by atoms with Crippen molar-refractivity contribution in [2.45, 2.75) is 6.18 Å². The standard InChI is InChI=1S/C20H12ClF3N4O2/c21-15-10-17-16(9-14(15)20(22,23)24)27-18(28-17)19(29)26-11-2-1-3-13(8-11)30-12-4-6-25-7-5-12/h1-10H,(H,26,29)(H,27,28). The first-order valence-electron chi connectivity index (χ1n) is 8.55. The number of ether oxygens (including phenoxy) is 1. The van der Waals surface area contributed by atoms with Crippen LogP contribution in [0.15, 0.2) is 60.9 Å². The van der Waals surface area contributed by atoms with Crippen LogP contribution in [-0.4, -0.2) is 20.9 Å². The molecule has 30 heavy (non-hydrogen) atoms. The number of carbonyl (C=O) groups excluding carboxylic acids is 1. The summed E-state index contributed by atoms with van der Waals surface area (Å²) in [6, 6.07) is 11.9. The van der Waals surface area contributed by atoms with E-state index < -0.39 is 22.7 Å². The predicted molar refractivity (Wildman–Crippen MR) is 105 cm³/mol. The van der Waals surface area contributed by atoms with Gasteiger partial charge in [0.25, 0.3) is 5.91 Å². The minimum atomic E-state index is -4.62. The van der Waals surface area contributed by atoms with Gasteiger partial charge in [-0.1, -0.05) is 17.7 Å². The van der Waals surface area contributed by atoms with Crippen LogP contribution in [0, 0.1) is 0 Å². The number of carbonyl (C=O) groups is 1. The number of hydrogen-bond acceptors (Lipinski definition) is 4. The van der Waals surface area contributed by atoms with E-state index in [4.69, 9.17) is 16.3 Å². The summed E-state index contributed by atoms with van der Waals surface area (Å²) in [5, 5.41) is 2.13. The number of anilines is 1. The van der Waals surface area contributed by atoms with E-state index in [9.17, 15) is 18.0 Å². The lowest BCUT2D eigenvalue weighted by Gasteiger charge is -2.08. The van der Waals surface area contributed by atoms with Crippen molar-refractivity contribution in [1.29, 1.82) is 0 Å². The van der Waals surface area contributed by atoms with Gasteiger partial charge in [0.2, 0.25) is 0 Å². The lowest BCUT2D eigenvalue weighted by molar-refractivity contribution is -0.137. The third-order valence-corrected chi connectivity index (χ3v) is 4.38. The summed E-state index contributed by atoms with van der Waals surface area (Å²) in [5.74, 6) is 0.270. The van der Waals surface area contributed by atoms with Crippen LogP contribution in [-0.2, 0) is 6.18 Å². The molecule has 0 saturated heterocycles. The van der Waals surface area contributed by atoms with E-state index in [1.807, 2.05) is 0 Å². The average molecular weight is 433 g/mol. The fourth-order valence-electron chi connectivity index (χ4n) is 2.73. The molecular weight excluding hydrogens is 421 g/mol. The van der Waals surface area contributed by atoms with Crippen LogP contribution in [0.2, 0.25) is 5.02 Å². The minimum absolute atomic E-state index is 0.0478. The van der Waals surface area contributed by atoms with Crippen molar-refractivity contribution in [3.8, 4) is 11.5 Å². The van der Waals surface area contributed by atoms with Crippen molar-refractivity contribution in [3.63, 3.8) is 0 Å². The molecule has 0 unspecified atom stereocenters. The first kappa shape index (κ1) is 19.7. The van der Waals surface area contributed by atoms with E-state index in [1.165, 1.54) is 0 Å². The lowest BCUT2D eigenvalue weighted by Crippen LogP contribution is -2.13. The number of pyridine rings is 1. The van der Waals surface area contributed by atoms with Gasteiger partial charge in [-0.05, 0) is 36.4 Å². The molecule has 4 rings (SSSR count). The van der Waals surface area contributed by atoms with Crippen molar-refractivity contribution in [1.82, 2.24) is 15.0 Å². The Labute approximate surface area is 172 Å². The fraction of sp³-hybridized carbons (Fsp3) is 0.0500. The maximum atomic E-state index is 13.0. The van der Waals surface area contributed by atoms with E-state index in [2.05, 4.69) is 20.3 Å². The zero-order chi connectivity index (χ0) is 21.3. The monoisotopic (exact) mass is 432 g/mol. The molecule has 0 fully saturated rings. The van der Waals surface area contributed by atoms with Crippen LogP contribution in [0.3, 0.4) is 0 Å². The molecule has 0 aliphatic carbocycles. The molecule has 6 nitrogen and oxygen atoms in total. The highest BCUT2D eigenvalue weighted by atomic mass is 35.5. The first-order valence-corrected chi connectivity index (χ1v) is 8.93. The molecule has 0 saturated carbocycles. The van der Waals surface area contributed by atoms with Crippen molar-refractivity contribution in [2.24, 2.45) is 0 Å². The quantitative estimate of drug-likeness (QED) is 0.435. The Morgan fingerprint density at radius 2 is 1.83 bits per heavy atom. The SMILES string of the molecule is O=C(Nc1cccc(Oc2ccncc2)c1)c1nc2cc(Cl)c(C(F)(F)F)cc2[nH]1. The molecule has 0 aliphatic rings. The molecule has 0 spiro atoms. The van der Waals surface area contributed by atoms with E-state index in [0.717, 1.165) is 12.1 Å². The Kier molecular flexibility index (Phi) is 5.04. The maximum Gasteiger partial charge on any atom is 0.417 e. The molecule has 0 radical (unpaired) electrons. The molecule has 0 aliphatic heterocycles. The van der Waals surface area contributed by atoms with E-state index in [1.54, 1.807) is 48.8 Å². The second-order valence-electron chi connectivity index (χ2n) is 6.20. The van der Waals surface area contributed by atoms with Crippen LogP contribution in [0.5, 0.6) is 11.5 Å². The minimum Gasteiger partial charge on any atom is -0.457 e. The average Bonchev–Trinajstić information content (AvgIpc) is 3.11. The molecule has 2 aromatic heterocycles. The molecule has 10 heteroatoms. The van der Waals surface area contributed by atoms with Crippen LogP contribution in [0.1, 0.15) is 16.2 Å². The van der Waals surface area contributed by atoms with Crippen LogP contribution in [0.25, 0.3) is 11.0 Å². The third-order valence-electron chi connectivity index (χ3n) is 4.07. The van der Waals surface area contributed by atoms with Gasteiger partial charge in [0.05, 0.1) is 21.6 Å². The number of halogens is 4. The smallest absolute Gasteiger partial charge is 0.417 e. The molecule has 4 aromatic rings. The number of aromatic nitrogens is 3. The highest BCUT2D eigenvalue weighted by molar-refractivity contribution is 6.32. The zero-order valence-corrected chi connectivity index (χ0v) is 15.8. The van der Waals surface area contributed by atoms with Gasteiger partial charge in [-0.2, -0.15) is 13.2 Å². The number of H-pyrrole nitrogens is 1. The maximum absolute atomic E-state index is 13.0. The number of benzene rings is 2. The van der Waals surface area contributed by atoms with Crippen LogP contribution >= 0.6 is 11.6 Å². The van der Waals surface area contributed by atoms with E-state index in [0.29, 0.717) is 17.2 Å². The molecular formula is C20H12ClF3N4O2. The van der Waals surface area contributed by atoms with E-state index in [-0.39, 0.29) is 16.9 Å². The number of imidazole rings is 1. The number of nitrogens with zero attached hydrogens (tertiary/aromatic N) is 2. The molecule has 2 aromatic carbocycles. The zero-order valence-electron chi connectivity index (χ0n) is 15.0. The van der Waals surface area contributed by atoms with Gasteiger partial charge in [-0.3, -0.25) is 9.78 Å². The molecule has 0 atom stereocenters. The van der Waals surface area contributed by atoms with Gasteiger partial charge < -0.3 is 15.0 Å². The Hall–Kier alpha value is -3.59. The van der Waals surface area contributed by atoms with Crippen LogP contribution < -0.4 is 10.1 Å². The second-order valence-corrected chi connectivity index (χ2v) is 6.61. The van der Waals surface area contributed by atoms with Crippen molar-refractivity contribution < 1.29 is 22.7 Å². The molecule has 152 valence electrons. The number of amides is 1. The number of aromatic amines is 1. The van der Waals surface area contributed by atoms with Gasteiger partial charge >= 0.3 is 6.18 Å². The first-order chi connectivity index (χ1) is 14.3. The molecule has 0 bridgehead atoms. The molecule has 2 heterocycles. The Balaban J connectivity index is 1.55. The number of hydrogen-bond donors (Lipinski definition) is 2. The molecule has 2 N–H and O–H groups in total. The summed E-state index contributed by atoms with van der Waals surface area (Å²) in [4.78, 5) is 23.0. The topological polar surface area (TPSA) is 79.9 Å². The summed E-state index contributed by atoms with van der Waals surface area (Å²) in [7, 11) is 0. The lowest BCUT2D eigenvalue weighted by atomic mass is 10.2. The van der Waals surface area contributed by atoms with Crippen molar-refractivity contribution in [2.75, 3.05) is 5.32 Å². The van der Waals surface area contributed by atoms with Gasteiger partial charge in [-0.25, -0.2) is 4.98 Å². The number of rotatable bonds is 4. The second kappa shape index (κ2) is 7.68. The summed E-state index contributed by atoms with van der Waals surface area (Å²) in [5.41, 5.74) is -0.395. The summed E-state index contributed by atoms with van der Waals surface area (Å²) < 4.78 is 44.7. The number of alkyl halides is 3. The predicted octanol–water partition coefficient (Wildman–Crippen LogP) is 5.67. The largest absolute Gasteiger partial charge is 0.457 e. The van der Waals surface area contributed by atoms with Gasteiger partial charge in [-0.15, -0.1) is 0 Å². The fourth-order valence-corrected chi connectivity index (χ4v) is 2.99. The normalized spacial score (nSPS) is 11.5. The number of fused-ring (bicyclic) bond motifs is 1. The third kappa shape index (κ3) is 4.20. The molecule has 1 amide bonds. The summed E-state index contributed by atoms with van der Waals surface area (Å²) in [6.45, 7) is 0. The number of nitrogens with one attached hydrogen (secondary N) is 2.